The SMILES string of the molecule is C[C@H]1CN(S(=O)(=O)c2cc([N+](=O)[O-])ccc2N/N=C\c2ccccc2O)C[C@H](C)O1. The van der Waals surface area contributed by atoms with Gasteiger partial charge in [0.15, 0.2) is 0 Å². The van der Waals surface area contributed by atoms with Crippen LogP contribution in [0, 0.1) is 10.1 Å². The summed E-state index contributed by atoms with van der Waals surface area (Å²) in [5.41, 5.74) is 2.78. The van der Waals surface area contributed by atoms with Crippen LogP contribution in [0.4, 0.5) is 11.4 Å². The van der Waals surface area contributed by atoms with Gasteiger partial charge in [0.25, 0.3) is 5.69 Å². The average molecular weight is 434 g/mol. The Kier molecular flexibility index (Phi) is 6.34. The lowest BCUT2D eigenvalue weighted by Gasteiger charge is -2.34. The Balaban J connectivity index is 1.96. The van der Waals surface area contributed by atoms with Gasteiger partial charge in [-0.1, -0.05) is 12.1 Å². The maximum absolute atomic E-state index is 13.3. The number of anilines is 1. The Bertz CT molecular complexity index is 1060. The number of hydrogen-bond acceptors (Lipinski definition) is 8. The molecular formula is C19H22N4O6S. The maximum atomic E-state index is 13.3. The van der Waals surface area contributed by atoms with Gasteiger partial charge in [-0.15, -0.1) is 0 Å². The zero-order valence-electron chi connectivity index (χ0n) is 16.4. The molecule has 0 unspecified atom stereocenters. The summed E-state index contributed by atoms with van der Waals surface area (Å²) < 4.78 is 33.4. The van der Waals surface area contributed by atoms with E-state index >= 15 is 0 Å². The van der Waals surface area contributed by atoms with Crippen LogP contribution >= 0.6 is 0 Å². The number of hydrogen-bond donors (Lipinski definition) is 2. The molecule has 0 amide bonds. The number of benzene rings is 2. The topological polar surface area (TPSA) is 134 Å². The zero-order valence-corrected chi connectivity index (χ0v) is 17.2. The lowest BCUT2D eigenvalue weighted by molar-refractivity contribution is -0.385. The average Bonchev–Trinajstić information content (AvgIpc) is 2.68. The van der Waals surface area contributed by atoms with E-state index in [1.165, 1.54) is 28.7 Å². The van der Waals surface area contributed by atoms with Crippen molar-refractivity contribution in [3.63, 3.8) is 0 Å². The van der Waals surface area contributed by atoms with Crippen LogP contribution in [0.25, 0.3) is 0 Å². The first-order valence-electron chi connectivity index (χ1n) is 9.19. The molecule has 1 aliphatic rings. The zero-order chi connectivity index (χ0) is 21.9. The highest BCUT2D eigenvalue weighted by Gasteiger charge is 2.34. The van der Waals surface area contributed by atoms with Crippen molar-refractivity contribution in [3.8, 4) is 5.75 Å². The molecule has 3 rings (SSSR count). The highest BCUT2D eigenvalue weighted by atomic mass is 32.2. The Hall–Kier alpha value is -3.02. The van der Waals surface area contributed by atoms with Gasteiger partial charge in [-0.3, -0.25) is 15.5 Å². The number of nitrogens with zero attached hydrogens (tertiary/aromatic N) is 3. The summed E-state index contributed by atoms with van der Waals surface area (Å²) in [7, 11) is -4.05. The number of nitrogens with one attached hydrogen (secondary N) is 1. The number of nitro groups is 1. The first kappa shape index (κ1) is 21.7. The van der Waals surface area contributed by atoms with E-state index in [1.54, 1.807) is 32.0 Å². The summed E-state index contributed by atoms with van der Waals surface area (Å²) in [5.74, 6) is 0.0101. The molecule has 2 N–H and O–H groups in total. The van der Waals surface area contributed by atoms with Crippen molar-refractivity contribution in [2.75, 3.05) is 18.5 Å². The Morgan fingerprint density at radius 3 is 2.53 bits per heavy atom. The minimum absolute atomic E-state index is 0.0101. The second-order valence-corrected chi connectivity index (χ2v) is 8.85. The normalized spacial score (nSPS) is 20.3. The molecule has 0 aliphatic carbocycles. The van der Waals surface area contributed by atoms with Gasteiger partial charge in [-0.05, 0) is 32.0 Å². The van der Waals surface area contributed by atoms with Crippen LogP contribution in [0.1, 0.15) is 19.4 Å². The van der Waals surface area contributed by atoms with Crippen LogP contribution in [-0.4, -0.2) is 54.3 Å². The molecule has 2 aromatic rings. The van der Waals surface area contributed by atoms with Gasteiger partial charge >= 0.3 is 0 Å². The van der Waals surface area contributed by atoms with Gasteiger partial charge in [0.2, 0.25) is 10.0 Å². The molecule has 2 aromatic carbocycles. The van der Waals surface area contributed by atoms with Crippen molar-refractivity contribution in [1.29, 1.82) is 0 Å². The number of sulfonamides is 1. The smallest absolute Gasteiger partial charge is 0.270 e. The Morgan fingerprint density at radius 1 is 1.23 bits per heavy atom. The van der Waals surface area contributed by atoms with Gasteiger partial charge in [0, 0.05) is 30.8 Å². The molecule has 30 heavy (non-hydrogen) atoms. The molecule has 10 nitrogen and oxygen atoms in total. The number of para-hydroxylation sites is 1. The molecule has 160 valence electrons. The van der Waals surface area contributed by atoms with E-state index in [0.29, 0.717) is 5.56 Å². The third kappa shape index (κ3) is 4.75. The monoisotopic (exact) mass is 434 g/mol. The summed E-state index contributed by atoms with van der Waals surface area (Å²) in [4.78, 5) is 10.3. The number of phenolic OH excluding ortho intramolecular Hbond substituents is 1. The lowest BCUT2D eigenvalue weighted by Crippen LogP contribution is -2.48. The molecule has 1 saturated heterocycles. The van der Waals surface area contributed by atoms with Gasteiger partial charge in [0.05, 0.1) is 29.0 Å². The van der Waals surface area contributed by atoms with E-state index in [1.807, 2.05) is 0 Å². The van der Waals surface area contributed by atoms with Crippen LogP contribution in [0.2, 0.25) is 0 Å². The number of nitro benzene ring substituents is 1. The van der Waals surface area contributed by atoms with Crippen LogP contribution in [-0.2, 0) is 14.8 Å². The first-order valence-corrected chi connectivity index (χ1v) is 10.6. The van der Waals surface area contributed by atoms with Crippen molar-refractivity contribution < 1.29 is 23.2 Å². The van der Waals surface area contributed by atoms with E-state index in [-0.39, 0.29) is 47.3 Å². The second kappa shape index (κ2) is 8.78. The molecule has 0 bridgehead atoms. The van der Waals surface area contributed by atoms with Crippen molar-refractivity contribution in [2.24, 2.45) is 5.10 Å². The number of hydrazone groups is 1. The van der Waals surface area contributed by atoms with E-state index in [2.05, 4.69) is 10.5 Å². The Morgan fingerprint density at radius 2 is 1.90 bits per heavy atom. The summed E-state index contributed by atoms with van der Waals surface area (Å²) >= 11 is 0. The van der Waals surface area contributed by atoms with E-state index in [4.69, 9.17) is 4.74 Å². The predicted octanol–water partition coefficient (Wildman–Crippen LogP) is 2.54. The molecule has 1 heterocycles. The third-order valence-electron chi connectivity index (χ3n) is 4.51. The molecule has 11 heteroatoms. The molecule has 1 aliphatic heterocycles. The summed E-state index contributed by atoms with van der Waals surface area (Å²) in [6, 6.07) is 9.99. The highest BCUT2D eigenvalue weighted by Crippen LogP contribution is 2.30. The van der Waals surface area contributed by atoms with E-state index in [9.17, 15) is 23.6 Å². The Labute approximate surface area is 174 Å². The fourth-order valence-corrected chi connectivity index (χ4v) is 4.92. The number of rotatable bonds is 6. The first-order chi connectivity index (χ1) is 14.2. The molecule has 1 fully saturated rings. The molecule has 2 atom stereocenters. The van der Waals surface area contributed by atoms with Crippen LogP contribution in [0.3, 0.4) is 0 Å². The minimum atomic E-state index is -4.05. The molecule has 0 aromatic heterocycles. The summed E-state index contributed by atoms with van der Waals surface area (Å²) in [6.45, 7) is 3.80. The number of morpholine rings is 1. The number of aromatic hydroxyl groups is 1. The third-order valence-corrected chi connectivity index (χ3v) is 6.38. The fraction of sp³-hybridized carbons (Fsp3) is 0.316. The van der Waals surface area contributed by atoms with Crippen molar-refractivity contribution >= 4 is 27.6 Å². The van der Waals surface area contributed by atoms with Crippen molar-refractivity contribution in [2.45, 2.75) is 31.0 Å². The van der Waals surface area contributed by atoms with Crippen LogP contribution < -0.4 is 5.43 Å². The number of non-ortho nitro benzene ring substituents is 1. The van der Waals surface area contributed by atoms with Gasteiger partial charge in [0.1, 0.15) is 10.6 Å². The number of ether oxygens (including phenoxy) is 1. The second-order valence-electron chi connectivity index (χ2n) is 6.95. The van der Waals surface area contributed by atoms with E-state index in [0.717, 1.165) is 6.07 Å². The van der Waals surface area contributed by atoms with Gasteiger partial charge < -0.3 is 9.84 Å². The number of phenols is 1. The lowest BCUT2D eigenvalue weighted by atomic mass is 10.2. The fourth-order valence-electron chi connectivity index (χ4n) is 3.16. The molecule has 0 spiro atoms. The molecule has 0 radical (unpaired) electrons. The van der Waals surface area contributed by atoms with E-state index < -0.39 is 14.9 Å². The molecule has 0 saturated carbocycles. The van der Waals surface area contributed by atoms with Crippen molar-refractivity contribution in [3.05, 3.63) is 58.1 Å². The standard InChI is InChI=1S/C19H22N4O6S/c1-13-11-22(12-14(2)29-13)30(27,28)19-9-16(23(25)26)7-8-17(19)21-20-10-15-5-3-4-6-18(15)24/h3-10,13-14,21,24H,11-12H2,1-2H3/b20-10-/t13-,14-/m0/s1. The van der Waals surface area contributed by atoms with Gasteiger partial charge in [-0.25, -0.2) is 8.42 Å². The highest BCUT2D eigenvalue weighted by molar-refractivity contribution is 7.89. The van der Waals surface area contributed by atoms with Gasteiger partial charge in [-0.2, -0.15) is 9.41 Å². The maximum Gasteiger partial charge on any atom is 0.270 e. The minimum Gasteiger partial charge on any atom is -0.507 e. The quantitative estimate of drug-likeness (QED) is 0.405. The largest absolute Gasteiger partial charge is 0.507 e. The van der Waals surface area contributed by atoms with Crippen LogP contribution in [0.5, 0.6) is 5.75 Å². The summed E-state index contributed by atoms with van der Waals surface area (Å²) in [6.07, 6.45) is 0.710. The summed E-state index contributed by atoms with van der Waals surface area (Å²) in [5, 5.41) is 25.0. The predicted molar refractivity (Wildman–Crippen MR) is 111 cm³/mol. The van der Waals surface area contributed by atoms with Crippen LogP contribution in [0.15, 0.2) is 52.5 Å². The van der Waals surface area contributed by atoms with Crippen molar-refractivity contribution in [1.82, 2.24) is 4.31 Å². The molecular weight excluding hydrogens is 412 g/mol.